The first-order valence-corrected chi connectivity index (χ1v) is 9.19. The Bertz CT molecular complexity index is 636. The first-order valence-electron chi connectivity index (χ1n) is 6.96. The summed E-state index contributed by atoms with van der Waals surface area (Å²) in [4.78, 5) is -0.366. The lowest BCUT2D eigenvalue weighted by molar-refractivity contribution is 0.238. The molecule has 1 aliphatic carbocycles. The third kappa shape index (κ3) is 3.40. The summed E-state index contributed by atoms with van der Waals surface area (Å²) in [6.45, 7) is 2.12. The lowest BCUT2D eigenvalue weighted by atomic mass is 9.87. The molecule has 0 aromatic heterocycles. The third-order valence-corrected chi connectivity index (χ3v) is 6.58. The van der Waals surface area contributed by atoms with Crippen LogP contribution in [0.25, 0.3) is 0 Å². The van der Waals surface area contributed by atoms with Gasteiger partial charge in [0.15, 0.2) is 5.82 Å². The number of anilines is 1. The summed E-state index contributed by atoms with van der Waals surface area (Å²) >= 11 is 3.01. The molecule has 0 spiro atoms. The molecular weight excluding hydrogens is 359 g/mol. The van der Waals surface area contributed by atoms with Gasteiger partial charge in [0.05, 0.1) is 4.47 Å². The first kappa shape index (κ1) is 16.7. The topological polar surface area (TPSA) is 63.4 Å². The monoisotopic (exact) mass is 378 g/mol. The van der Waals surface area contributed by atoms with Gasteiger partial charge in [0.2, 0.25) is 10.0 Å². The molecule has 2 rings (SSSR count). The van der Waals surface area contributed by atoms with E-state index in [0.29, 0.717) is 5.92 Å². The smallest absolute Gasteiger partial charge is 0.246 e. The van der Waals surface area contributed by atoms with E-state index in [-0.39, 0.29) is 21.1 Å². The molecule has 0 aliphatic heterocycles. The lowest BCUT2D eigenvalue weighted by Crippen LogP contribution is -2.40. The van der Waals surface area contributed by atoms with E-state index in [1.54, 1.807) is 0 Å². The van der Waals surface area contributed by atoms with Crippen LogP contribution in [0.3, 0.4) is 0 Å². The summed E-state index contributed by atoms with van der Waals surface area (Å²) in [5.41, 5.74) is 5.86. The number of sulfonamides is 1. The van der Waals surface area contributed by atoms with Gasteiger partial charge in [-0.3, -0.25) is 0 Å². The highest BCUT2D eigenvalue weighted by Crippen LogP contribution is 2.32. The molecule has 2 unspecified atom stereocenters. The quantitative estimate of drug-likeness (QED) is 0.819. The molecule has 0 saturated heterocycles. The Morgan fingerprint density at radius 3 is 2.67 bits per heavy atom. The molecular formula is C14H20BrFN2O2S. The van der Waals surface area contributed by atoms with Crippen molar-refractivity contribution in [3.63, 3.8) is 0 Å². The minimum atomic E-state index is -3.89. The maximum atomic E-state index is 14.2. The molecule has 1 aliphatic rings. The molecule has 118 valence electrons. The zero-order valence-corrected chi connectivity index (χ0v) is 14.5. The summed E-state index contributed by atoms with van der Waals surface area (Å²) < 4.78 is 40.9. The standard InChI is InChI=1S/C14H20BrFN2O2S/c1-9-4-3-5-11(6-9)18(2)21(19,20)13-8-10(17)7-12(15)14(13)16/h7-9,11H,3-6,17H2,1-2H3. The second-order valence-electron chi connectivity index (χ2n) is 5.76. The van der Waals surface area contributed by atoms with Crippen molar-refractivity contribution >= 4 is 31.6 Å². The molecule has 2 atom stereocenters. The van der Waals surface area contributed by atoms with Crippen LogP contribution in [0.1, 0.15) is 32.6 Å². The molecule has 1 aromatic rings. The fraction of sp³-hybridized carbons (Fsp3) is 0.571. The van der Waals surface area contributed by atoms with Crippen LogP contribution in [-0.2, 0) is 10.0 Å². The van der Waals surface area contributed by atoms with Crippen LogP contribution in [-0.4, -0.2) is 25.8 Å². The maximum absolute atomic E-state index is 14.2. The van der Waals surface area contributed by atoms with E-state index < -0.39 is 15.8 Å². The molecule has 21 heavy (non-hydrogen) atoms. The van der Waals surface area contributed by atoms with Gasteiger partial charge >= 0.3 is 0 Å². The number of nitrogens with zero attached hydrogens (tertiary/aromatic N) is 1. The number of rotatable bonds is 3. The van der Waals surface area contributed by atoms with Gasteiger partial charge in [0, 0.05) is 18.8 Å². The van der Waals surface area contributed by atoms with Gasteiger partial charge in [0.1, 0.15) is 4.90 Å². The van der Waals surface area contributed by atoms with Gasteiger partial charge in [-0.2, -0.15) is 4.31 Å². The number of hydrogen-bond acceptors (Lipinski definition) is 3. The van der Waals surface area contributed by atoms with Crippen LogP contribution >= 0.6 is 15.9 Å². The molecule has 0 amide bonds. The fourth-order valence-electron chi connectivity index (χ4n) is 2.86. The van der Waals surface area contributed by atoms with E-state index in [4.69, 9.17) is 5.73 Å². The Hall–Kier alpha value is -0.660. The predicted octanol–water partition coefficient (Wildman–Crippen LogP) is 3.37. The number of nitrogens with two attached hydrogens (primary N) is 1. The van der Waals surface area contributed by atoms with Crippen molar-refractivity contribution in [3.05, 3.63) is 22.4 Å². The number of halogens is 2. The van der Waals surface area contributed by atoms with Gasteiger partial charge in [-0.15, -0.1) is 0 Å². The zero-order chi connectivity index (χ0) is 15.8. The van der Waals surface area contributed by atoms with Crippen LogP contribution in [0.4, 0.5) is 10.1 Å². The Morgan fingerprint density at radius 1 is 1.38 bits per heavy atom. The summed E-state index contributed by atoms with van der Waals surface area (Å²) in [5, 5.41) is 0. The maximum Gasteiger partial charge on any atom is 0.246 e. The Kier molecular flexibility index (Phi) is 4.95. The van der Waals surface area contributed by atoms with E-state index in [1.807, 2.05) is 0 Å². The van der Waals surface area contributed by atoms with Crippen molar-refractivity contribution in [2.45, 2.75) is 43.5 Å². The van der Waals surface area contributed by atoms with Crippen molar-refractivity contribution in [1.82, 2.24) is 4.31 Å². The predicted molar refractivity (Wildman–Crippen MR) is 84.9 cm³/mol. The van der Waals surface area contributed by atoms with Crippen LogP contribution in [0, 0.1) is 11.7 Å². The van der Waals surface area contributed by atoms with Gasteiger partial charge in [-0.05, 0) is 46.8 Å². The summed E-state index contributed by atoms with van der Waals surface area (Å²) in [6, 6.07) is 2.45. The Balaban J connectivity index is 2.37. The van der Waals surface area contributed by atoms with E-state index in [1.165, 1.54) is 23.5 Å². The largest absolute Gasteiger partial charge is 0.399 e. The average Bonchev–Trinajstić information content (AvgIpc) is 2.41. The molecule has 2 N–H and O–H groups in total. The minimum absolute atomic E-state index is 0.0616. The van der Waals surface area contributed by atoms with E-state index >= 15 is 0 Å². The van der Waals surface area contributed by atoms with E-state index in [2.05, 4.69) is 22.9 Å². The minimum Gasteiger partial charge on any atom is -0.399 e. The van der Waals surface area contributed by atoms with Crippen molar-refractivity contribution in [2.24, 2.45) is 5.92 Å². The van der Waals surface area contributed by atoms with Gasteiger partial charge in [-0.25, -0.2) is 12.8 Å². The van der Waals surface area contributed by atoms with Gasteiger partial charge in [0.25, 0.3) is 0 Å². The van der Waals surface area contributed by atoms with Gasteiger partial charge < -0.3 is 5.73 Å². The van der Waals surface area contributed by atoms with Crippen LogP contribution in [0.5, 0.6) is 0 Å². The lowest BCUT2D eigenvalue weighted by Gasteiger charge is -2.33. The number of hydrogen-bond donors (Lipinski definition) is 1. The van der Waals surface area contributed by atoms with Crippen LogP contribution in [0.15, 0.2) is 21.5 Å². The summed E-state index contributed by atoms with van der Waals surface area (Å²) in [6.07, 6.45) is 3.73. The molecule has 0 heterocycles. The third-order valence-electron chi connectivity index (χ3n) is 4.10. The second-order valence-corrected chi connectivity index (χ2v) is 8.58. The highest BCUT2D eigenvalue weighted by atomic mass is 79.9. The summed E-state index contributed by atoms with van der Waals surface area (Å²) in [5.74, 6) is -0.307. The summed E-state index contributed by atoms with van der Waals surface area (Å²) in [7, 11) is -2.37. The average molecular weight is 379 g/mol. The number of benzene rings is 1. The van der Waals surface area contributed by atoms with Crippen LogP contribution < -0.4 is 5.73 Å². The van der Waals surface area contributed by atoms with E-state index in [9.17, 15) is 12.8 Å². The fourth-order valence-corrected chi connectivity index (χ4v) is 4.98. The molecule has 1 saturated carbocycles. The SMILES string of the molecule is CC1CCCC(N(C)S(=O)(=O)c2cc(N)cc(Br)c2F)C1. The molecule has 0 bridgehead atoms. The van der Waals surface area contributed by atoms with Crippen molar-refractivity contribution in [2.75, 3.05) is 12.8 Å². The zero-order valence-electron chi connectivity index (χ0n) is 12.1. The van der Waals surface area contributed by atoms with Crippen LogP contribution in [0.2, 0.25) is 0 Å². The number of nitrogen functional groups attached to an aromatic ring is 1. The normalized spacial score (nSPS) is 23.5. The van der Waals surface area contributed by atoms with E-state index in [0.717, 1.165) is 25.7 Å². The Labute approximate surface area is 133 Å². The van der Waals surface area contributed by atoms with Gasteiger partial charge in [-0.1, -0.05) is 19.8 Å². The molecule has 1 aromatic carbocycles. The molecule has 0 radical (unpaired) electrons. The highest BCUT2D eigenvalue weighted by molar-refractivity contribution is 9.10. The van der Waals surface area contributed by atoms with Crippen molar-refractivity contribution < 1.29 is 12.8 Å². The highest BCUT2D eigenvalue weighted by Gasteiger charge is 2.33. The first-order chi connectivity index (χ1) is 9.73. The Morgan fingerprint density at radius 2 is 2.05 bits per heavy atom. The van der Waals surface area contributed by atoms with Crippen molar-refractivity contribution in [3.8, 4) is 0 Å². The molecule has 7 heteroatoms. The second kappa shape index (κ2) is 6.22. The van der Waals surface area contributed by atoms with Crippen molar-refractivity contribution in [1.29, 1.82) is 0 Å². The molecule has 1 fully saturated rings. The molecule has 4 nitrogen and oxygen atoms in total.